The molecule has 1 aliphatic carbocycles. The van der Waals surface area contributed by atoms with Gasteiger partial charge in [0.2, 0.25) is 11.8 Å². The molecule has 3 heterocycles. The molecule has 7 heteroatoms. The average Bonchev–Trinajstić information content (AvgIpc) is 3.48. The van der Waals surface area contributed by atoms with Crippen LogP contribution in [0, 0.1) is 12.8 Å². The lowest BCUT2D eigenvalue weighted by Crippen LogP contribution is -2.29. The average molecular weight is 399 g/mol. The number of nitrogens with zero attached hydrogens (tertiary/aromatic N) is 4. The molecule has 1 unspecified atom stereocenters. The number of rotatable bonds is 4. The molecule has 0 spiro atoms. The van der Waals surface area contributed by atoms with E-state index in [1.54, 1.807) is 7.11 Å². The van der Waals surface area contributed by atoms with Crippen LogP contribution < -0.4 is 9.64 Å². The number of ether oxygens (including phenoxy) is 1. The number of aliphatic hydroxyl groups excluding tert-OH is 1. The lowest BCUT2D eigenvalue weighted by Gasteiger charge is -2.30. The van der Waals surface area contributed by atoms with Gasteiger partial charge in [-0.3, -0.25) is 0 Å². The van der Waals surface area contributed by atoms with E-state index in [0.717, 1.165) is 66.3 Å². The first-order valence-corrected chi connectivity index (χ1v) is 10.1. The van der Waals surface area contributed by atoms with Crippen molar-refractivity contribution in [1.82, 2.24) is 14.5 Å². The molecule has 1 aromatic carbocycles. The van der Waals surface area contributed by atoms with E-state index in [4.69, 9.17) is 21.3 Å². The quantitative estimate of drug-likeness (QED) is 0.706. The molecule has 1 atom stereocenters. The summed E-state index contributed by atoms with van der Waals surface area (Å²) in [6.45, 7) is 3.70. The third-order valence-corrected chi connectivity index (χ3v) is 6.09. The van der Waals surface area contributed by atoms with Gasteiger partial charge in [0, 0.05) is 24.7 Å². The summed E-state index contributed by atoms with van der Waals surface area (Å²) in [7, 11) is 1.62. The van der Waals surface area contributed by atoms with E-state index >= 15 is 0 Å². The normalized spacial score (nSPS) is 17.6. The molecule has 6 nitrogen and oxygen atoms in total. The Bertz CT molecular complexity index is 1060. The second-order valence-electron chi connectivity index (χ2n) is 7.64. The third-order valence-electron chi connectivity index (χ3n) is 5.78. The molecular weight excluding hydrogens is 376 g/mol. The Balaban J connectivity index is 1.68. The number of halogens is 1. The van der Waals surface area contributed by atoms with Gasteiger partial charge in [-0.2, -0.15) is 0 Å². The molecule has 1 saturated carbocycles. The van der Waals surface area contributed by atoms with Gasteiger partial charge in [-0.1, -0.05) is 17.7 Å². The number of imidazole rings is 1. The number of aryl methyl sites for hydroxylation is 2. The van der Waals surface area contributed by atoms with E-state index in [-0.39, 0.29) is 0 Å². The van der Waals surface area contributed by atoms with Crippen LogP contribution in [0.15, 0.2) is 24.3 Å². The first-order chi connectivity index (χ1) is 13.6. The summed E-state index contributed by atoms with van der Waals surface area (Å²) in [5, 5.41) is 11.5. The van der Waals surface area contributed by atoms with E-state index in [2.05, 4.69) is 14.5 Å². The number of benzene rings is 1. The number of hydrogen-bond acceptors (Lipinski definition) is 5. The van der Waals surface area contributed by atoms with Crippen molar-refractivity contribution < 1.29 is 9.84 Å². The molecule has 2 aliphatic rings. The molecule has 3 aromatic rings. The molecule has 0 amide bonds. The van der Waals surface area contributed by atoms with Crippen LogP contribution in [-0.2, 0) is 6.54 Å². The molecule has 1 N–H and O–H groups in total. The Labute approximate surface area is 168 Å². The zero-order chi connectivity index (χ0) is 19.4. The smallest absolute Gasteiger partial charge is 0.213 e. The van der Waals surface area contributed by atoms with Gasteiger partial charge >= 0.3 is 0 Å². The van der Waals surface area contributed by atoms with Crippen molar-refractivity contribution >= 4 is 34.3 Å². The molecule has 2 aromatic heterocycles. The topological polar surface area (TPSA) is 63.4 Å². The molecule has 146 valence electrons. The van der Waals surface area contributed by atoms with E-state index in [0.29, 0.717) is 16.8 Å². The zero-order valence-electron chi connectivity index (χ0n) is 16.0. The molecule has 0 radical (unpaired) electrons. The minimum Gasteiger partial charge on any atom is -0.481 e. The predicted molar refractivity (Wildman–Crippen MR) is 110 cm³/mol. The lowest BCUT2D eigenvalue weighted by atomic mass is 10.0. The van der Waals surface area contributed by atoms with Gasteiger partial charge in [-0.05, 0) is 44.2 Å². The number of aliphatic hydroxyl groups is 1. The molecule has 1 fully saturated rings. The van der Waals surface area contributed by atoms with Gasteiger partial charge in [-0.15, -0.1) is 0 Å². The van der Waals surface area contributed by atoms with Gasteiger partial charge in [-0.25, -0.2) is 9.97 Å². The standard InChI is InChI=1S/C21H23ClN4O2/c1-12-16(8-9-17(23-12)28-2)25-10-3-11-26-19-14(20(27)13-4-5-13)6-7-15(22)18(19)24-21(25)26/h6-9,13,20,27H,3-5,10-11H2,1-2H3. The minimum absolute atomic E-state index is 0.350. The van der Waals surface area contributed by atoms with E-state index in [1.807, 2.05) is 31.2 Å². The highest BCUT2D eigenvalue weighted by atomic mass is 35.5. The molecular formula is C21H23ClN4O2. The predicted octanol–water partition coefficient (Wildman–Crippen LogP) is 4.39. The zero-order valence-corrected chi connectivity index (χ0v) is 16.8. The fraction of sp³-hybridized carbons (Fsp3) is 0.429. The fourth-order valence-electron chi connectivity index (χ4n) is 4.19. The van der Waals surface area contributed by atoms with Gasteiger partial charge in [0.25, 0.3) is 0 Å². The largest absolute Gasteiger partial charge is 0.481 e. The van der Waals surface area contributed by atoms with E-state index in [1.165, 1.54) is 0 Å². The maximum absolute atomic E-state index is 10.8. The summed E-state index contributed by atoms with van der Waals surface area (Å²) in [6, 6.07) is 7.72. The van der Waals surface area contributed by atoms with Crippen molar-refractivity contribution in [1.29, 1.82) is 0 Å². The van der Waals surface area contributed by atoms with Crippen molar-refractivity contribution in [3.63, 3.8) is 0 Å². The molecule has 28 heavy (non-hydrogen) atoms. The summed E-state index contributed by atoms with van der Waals surface area (Å²) in [5.74, 6) is 1.81. The second kappa shape index (κ2) is 6.64. The number of hydrogen-bond donors (Lipinski definition) is 1. The van der Waals surface area contributed by atoms with Crippen LogP contribution in [0.5, 0.6) is 5.88 Å². The van der Waals surface area contributed by atoms with Crippen LogP contribution in [0.4, 0.5) is 11.6 Å². The summed E-state index contributed by atoms with van der Waals surface area (Å²) in [6.07, 6.45) is 2.68. The summed E-state index contributed by atoms with van der Waals surface area (Å²) >= 11 is 6.51. The van der Waals surface area contributed by atoms with Gasteiger partial charge < -0.3 is 19.3 Å². The van der Waals surface area contributed by atoms with Crippen molar-refractivity contribution in [3.05, 3.63) is 40.5 Å². The van der Waals surface area contributed by atoms with Crippen molar-refractivity contribution in [2.24, 2.45) is 5.92 Å². The first-order valence-electron chi connectivity index (χ1n) is 9.74. The van der Waals surface area contributed by atoms with Gasteiger partial charge in [0.1, 0.15) is 5.52 Å². The second-order valence-corrected chi connectivity index (χ2v) is 8.05. The summed E-state index contributed by atoms with van der Waals surface area (Å²) in [4.78, 5) is 11.6. The molecule has 0 bridgehead atoms. The SMILES string of the molecule is COc1ccc(N2CCCn3c2nc2c(Cl)ccc(C(O)C4CC4)c23)c(C)n1. The monoisotopic (exact) mass is 398 g/mol. The summed E-state index contributed by atoms with van der Waals surface area (Å²) in [5.41, 5.74) is 4.57. The number of aromatic nitrogens is 3. The van der Waals surface area contributed by atoms with E-state index < -0.39 is 6.10 Å². The number of anilines is 2. The molecule has 0 saturated heterocycles. The minimum atomic E-state index is -0.458. The highest BCUT2D eigenvalue weighted by Crippen LogP contribution is 2.45. The maximum atomic E-state index is 10.8. The summed E-state index contributed by atoms with van der Waals surface area (Å²) < 4.78 is 7.45. The Kier molecular flexibility index (Phi) is 4.21. The highest BCUT2D eigenvalue weighted by Gasteiger charge is 2.34. The lowest BCUT2D eigenvalue weighted by molar-refractivity contribution is 0.155. The molecule has 5 rings (SSSR count). The maximum Gasteiger partial charge on any atom is 0.213 e. The number of fused-ring (bicyclic) bond motifs is 3. The van der Waals surface area contributed by atoms with Crippen molar-refractivity contribution in [2.75, 3.05) is 18.6 Å². The van der Waals surface area contributed by atoms with Crippen LogP contribution in [0.2, 0.25) is 5.02 Å². The van der Waals surface area contributed by atoms with Gasteiger partial charge in [0.15, 0.2) is 0 Å². The molecule has 1 aliphatic heterocycles. The fourth-order valence-corrected chi connectivity index (χ4v) is 4.38. The Morgan fingerprint density at radius 2 is 2.00 bits per heavy atom. The van der Waals surface area contributed by atoms with Crippen LogP contribution >= 0.6 is 11.6 Å². The number of pyridine rings is 1. The first kappa shape index (κ1) is 17.8. The van der Waals surface area contributed by atoms with Crippen LogP contribution in [-0.4, -0.2) is 33.3 Å². The van der Waals surface area contributed by atoms with E-state index in [9.17, 15) is 5.11 Å². The van der Waals surface area contributed by atoms with Crippen LogP contribution in [0.25, 0.3) is 11.0 Å². The number of methoxy groups -OCH3 is 1. The Morgan fingerprint density at radius 1 is 1.18 bits per heavy atom. The van der Waals surface area contributed by atoms with Crippen molar-refractivity contribution in [3.8, 4) is 5.88 Å². The Hall–Kier alpha value is -2.31. The highest BCUT2D eigenvalue weighted by molar-refractivity contribution is 6.35. The van der Waals surface area contributed by atoms with Crippen molar-refractivity contribution in [2.45, 2.75) is 38.8 Å². The third kappa shape index (κ3) is 2.74. The van der Waals surface area contributed by atoms with Gasteiger partial charge in [0.05, 0.1) is 35.1 Å². The van der Waals surface area contributed by atoms with Crippen LogP contribution in [0.3, 0.4) is 0 Å². The van der Waals surface area contributed by atoms with Crippen LogP contribution in [0.1, 0.15) is 36.6 Å². The Morgan fingerprint density at radius 3 is 2.71 bits per heavy atom.